The molecule has 0 aliphatic carbocycles. The van der Waals surface area contributed by atoms with Crippen LogP contribution in [-0.4, -0.2) is 33.0 Å². The molecule has 9 heteroatoms. The average molecular weight is 331 g/mol. The molecule has 1 aromatic carbocycles. The number of hydrogen-bond donors (Lipinski definition) is 2. The van der Waals surface area contributed by atoms with Crippen LogP contribution >= 0.6 is 0 Å². The molecule has 0 aliphatic rings. The molecule has 0 spiro atoms. The second-order valence-corrected chi connectivity index (χ2v) is 4.90. The number of halogens is 2. The lowest BCUT2D eigenvalue weighted by Gasteiger charge is -2.07. The maximum absolute atomic E-state index is 13.1. The minimum Gasteiger partial charge on any atom is -0.343 e. The van der Waals surface area contributed by atoms with Gasteiger partial charge in [-0.1, -0.05) is 0 Å². The lowest BCUT2D eigenvalue weighted by atomic mass is 10.2. The van der Waals surface area contributed by atoms with Crippen LogP contribution in [0.5, 0.6) is 0 Å². The van der Waals surface area contributed by atoms with Gasteiger partial charge < -0.3 is 10.6 Å². The molecule has 2 heterocycles. The molecule has 24 heavy (non-hydrogen) atoms. The maximum Gasteiger partial charge on any atom is 0.251 e. The lowest BCUT2D eigenvalue weighted by molar-refractivity contribution is -0.115. The number of carbonyl (C=O) groups is 2. The molecule has 0 radical (unpaired) electrons. The quantitative estimate of drug-likeness (QED) is 0.756. The summed E-state index contributed by atoms with van der Waals surface area (Å²) in [6, 6.07) is 5.72. The van der Waals surface area contributed by atoms with E-state index in [1.165, 1.54) is 6.33 Å². The molecule has 0 saturated heterocycles. The Balaban J connectivity index is 1.59. The number of nitrogens with zero attached hydrogens (tertiary/aromatic N) is 3. The van der Waals surface area contributed by atoms with E-state index in [9.17, 15) is 18.4 Å². The number of benzene rings is 1. The largest absolute Gasteiger partial charge is 0.343 e. The Kier molecular flexibility index (Phi) is 4.15. The van der Waals surface area contributed by atoms with E-state index in [0.29, 0.717) is 17.4 Å². The maximum atomic E-state index is 13.1. The highest BCUT2D eigenvalue weighted by Gasteiger charge is 2.11. The smallest absolute Gasteiger partial charge is 0.251 e. The van der Waals surface area contributed by atoms with Gasteiger partial charge in [0.15, 0.2) is 5.65 Å². The van der Waals surface area contributed by atoms with E-state index in [-0.39, 0.29) is 12.1 Å². The van der Waals surface area contributed by atoms with Crippen molar-refractivity contribution in [1.82, 2.24) is 19.9 Å². The van der Waals surface area contributed by atoms with Gasteiger partial charge in [-0.2, -0.15) is 0 Å². The van der Waals surface area contributed by atoms with Crippen molar-refractivity contribution in [2.45, 2.75) is 0 Å². The molecule has 3 aromatic rings. The molecule has 122 valence electrons. The summed E-state index contributed by atoms with van der Waals surface area (Å²) in [5.74, 6) is -2.98. The fourth-order valence-electron chi connectivity index (χ4n) is 2.05. The molecule has 3 rings (SSSR count). The molecule has 0 atom stereocenters. The van der Waals surface area contributed by atoms with Gasteiger partial charge in [-0.25, -0.2) is 8.78 Å². The molecular weight excluding hydrogens is 320 g/mol. The summed E-state index contributed by atoms with van der Waals surface area (Å²) in [4.78, 5) is 23.6. The monoisotopic (exact) mass is 331 g/mol. The lowest BCUT2D eigenvalue weighted by Crippen LogP contribution is -2.33. The number of amides is 2. The van der Waals surface area contributed by atoms with E-state index >= 15 is 0 Å². The third kappa shape index (κ3) is 3.51. The van der Waals surface area contributed by atoms with Crippen molar-refractivity contribution in [3.63, 3.8) is 0 Å². The standard InChI is InChI=1S/C15H11F2N5O2/c16-10-3-9(4-11(17)5-10)15(24)18-6-14(23)20-12-1-2-13-21-19-8-22(13)7-12/h1-5,7-8H,6H2,(H,18,24)(H,20,23). The summed E-state index contributed by atoms with van der Waals surface area (Å²) >= 11 is 0. The summed E-state index contributed by atoms with van der Waals surface area (Å²) < 4.78 is 27.7. The molecule has 0 fully saturated rings. The van der Waals surface area contributed by atoms with Crippen LogP contribution in [0.4, 0.5) is 14.5 Å². The van der Waals surface area contributed by atoms with E-state index in [2.05, 4.69) is 20.8 Å². The van der Waals surface area contributed by atoms with Crippen molar-refractivity contribution in [2.24, 2.45) is 0 Å². The van der Waals surface area contributed by atoms with Crippen molar-refractivity contribution < 1.29 is 18.4 Å². The molecule has 2 N–H and O–H groups in total. The van der Waals surface area contributed by atoms with Gasteiger partial charge in [-0.15, -0.1) is 10.2 Å². The third-order valence-electron chi connectivity index (χ3n) is 3.11. The minimum absolute atomic E-state index is 0.203. The van der Waals surface area contributed by atoms with Gasteiger partial charge in [0.1, 0.15) is 18.0 Å². The Bertz CT molecular complexity index is 905. The molecule has 2 amide bonds. The number of aromatic nitrogens is 3. The molecule has 0 saturated carbocycles. The number of anilines is 1. The first-order valence-electron chi connectivity index (χ1n) is 6.85. The number of hydrogen-bond acceptors (Lipinski definition) is 4. The minimum atomic E-state index is -0.869. The van der Waals surface area contributed by atoms with Gasteiger partial charge >= 0.3 is 0 Å². The number of rotatable bonds is 4. The Morgan fingerprint density at radius 1 is 1.12 bits per heavy atom. The zero-order valence-electron chi connectivity index (χ0n) is 12.2. The van der Waals surface area contributed by atoms with Crippen LogP contribution in [0.15, 0.2) is 42.9 Å². The molecule has 0 bridgehead atoms. The second kappa shape index (κ2) is 6.41. The van der Waals surface area contributed by atoms with Crippen molar-refractivity contribution in [1.29, 1.82) is 0 Å². The molecule has 7 nitrogen and oxygen atoms in total. The van der Waals surface area contributed by atoms with Crippen LogP contribution in [0, 0.1) is 11.6 Å². The van der Waals surface area contributed by atoms with Crippen molar-refractivity contribution in [3.05, 3.63) is 60.1 Å². The third-order valence-corrected chi connectivity index (χ3v) is 3.11. The fourth-order valence-corrected chi connectivity index (χ4v) is 2.05. The molecule has 0 unspecified atom stereocenters. The first-order valence-corrected chi connectivity index (χ1v) is 6.85. The van der Waals surface area contributed by atoms with Crippen LogP contribution in [0.1, 0.15) is 10.4 Å². The van der Waals surface area contributed by atoms with Crippen LogP contribution in [0.25, 0.3) is 5.65 Å². The van der Waals surface area contributed by atoms with Gasteiger partial charge in [0, 0.05) is 17.8 Å². The zero-order chi connectivity index (χ0) is 17.1. The SMILES string of the molecule is O=C(CNC(=O)c1cc(F)cc(F)c1)Nc1ccc2nncn2c1. The van der Waals surface area contributed by atoms with Crippen molar-refractivity contribution in [3.8, 4) is 0 Å². The second-order valence-electron chi connectivity index (χ2n) is 4.90. The Labute approximate surface area is 134 Å². The zero-order valence-corrected chi connectivity index (χ0v) is 12.2. The summed E-state index contributed by atoms with van der Waals surface area (Å²) in [6.07, 6.45) is 3.09. The number of nitrogens with one attached hydrogen (secondary N) is 2. The highest BCUT2D eigenvalue weighted by Crippen LogP contribution is 2.09. The predicted octanol–water partition coefficient (Wildman–Crippen LogP) is 1.38. The van der Waals surface area contributed by atoms with Gasteiger partial charge in [-0.3, -0.25) is 14.0 Å². The topological polar surface area (TPSA) is 88.4 Å². The van der Waals surface area contributed by atoms with E-state index < -0.39 is 23.4 Å². The first kappa shape index (κ1) is 15.5. The average Bonchev–Trinajstić information content (AvgIpc) is 2.99. The van der Waals surface area contributed by atoms with Gasteiger partial charge in [0.25, 0.3) is 5.91 Å². The Hall–Kier alpha value is -3.36. The molecule has 0 aliphatic heterocycles. The van der Waals surface area contributed by atoms with Crippen LogP contribution in [-0.2, 0) is 4.79 Å². The van der Waals surface area contributed by atoms with Crippen LogP contribution in [0.3, 0.4) is 0 Å². The summed E-state index contributed by atoms with van der Waals surface area (Å²) in [6.45, 7) is -0.350. The van der Waals surface area contributed by atoms with Crippen molar-refractivity contribution >= 4 is 23.1 Å². The number of carbonyl (C=O) groups excluding carboxylic acids is 2. The van der Waals surface area contributed by atoms with E-state index in [1.807, 2.05) is 0 Å². The van der Waals surface area contributed by atoms with Gasteiger partial charge in [-0.05, 0) is 24.3 Å². The molecule has 2 aromatic heterocycles. The first-order chi connectivity index (χ1) is 11.5. The summed E-state index contributed by atoms with van der Waals surface area (Å²) in [5, 5.41) is 12.4. The van der Waals surface area contributed by atoms with E-state index in [0.717, 1.165) is 12.1 Å². The Morgan fingerprint density at radius 3 is 2.62 bits per heavy atom. The van der Waals surface area contributed by atoms with Gasteiger partial charge in [0.2, 0.25) is 5.91 Å². The van der Waals surface area contributed by atoms with E-state index in [1.54, 1.807) is 22.7 Å². The Morgan fingerprint density at radius 2 is 1.88 bits per heavy atom. The fraction of sp³-hybridized carbons (Fsp3) is 0.0667. The summed E-state index contributed by atoms with van der Waals surface area (Å²) in [5.41, 5.74) is 0.902. The molecular formula is C15H11F2N5O2. The number of pyridine rings is 1. The van der Waals surface area contributed by atoms with E-state index in [4.69, 9.17) is 0 Å². The van der Waals surface area contributed by atoms with Gasteiger partial charge in [0.05, 0.1) is 12.2 Å². The highest BCUT2D eigenvalue weighted by molar-refractivity contribution is 5.99. The normalized spacial score (nSPS) is 10.6. The number of fused-ring (bicyclic) bond motifs is 1. The van der Waals surface area contributed by atoms with Crippen LogP contribution < -0.4 is 10.6 Å². The summed E-state index contributed by atoms with van der Waals surface area (Å²) in [7, 11) is 0. The highest BCUT2D eigenvalue weighted by atomic mass is 19.1. The van der Waals surface area contributed by atoms with Crippen molar-refractivity contribution in [2.75, 3.05) is 11.9 Å². The van der Waals surface area contributed by atoms with Crippen LogP contribution in [0.2, 0.25) is 0 Å². The predicted molar refractivity (Wildman–Crippen MR) is 80.3 cm³/mol.